The number of benzene rings is 1. The molecule has 32 heavy (non-hydrogen) atoms. The molecule has 8 heteroatoms. The van der Waals surface area contributed by atoms with Crippen LogP contribution in [0.5, 0.6) is 0 Å². The van der Waals surface area contributed by atoms with E-state index in [1.54, 1.807) is 36.2 Å². The number of aliphatic imine (C=N–C) groups is 1. The van der Waals surface area contributed by atoms with Gasteiger partial charge in [-0.2, -0.15) is 0 Å². The maximum absolute atomic E-state index is 13.1. The summed E-state index contributed by atoms with van der Waals surface area (Å²) in [6.45, 7) is 8.19. The number of piperidine rings is 1. The molecule has 1 fully saturated rings. The number of aromatic nitrogens is 1. The van der Waals surface area contributed by atoms with Crippen molar-refractivity contribution in [1.82, 2.24) is 9.88 Å². The predicted octanol–water partition coefficient (Wildman–Crippen LogP) is 6.32. The van der Waals surface area contributed by atoms with Gasteiger partial charge in [0.15, 0.2) is 0 Å². The zero-order valence-corrected chi connectivity index (χ0v) is 19.5. The van der Waals surface area contributed by atoms with Crippen LogP contribution in [0.3, 0.4) is 0 Å². The quantitative estimate of drug-likeness (QED) is 0.326. The summed E-state index contributed by atoms with van der Waals surface area (Å²) < 4.78 is 13.1. The average molecular weight is 469 g/mol. The Hall–Kier alpha value is -2.55. The van der Waals surface area contributed by atoms with Gasteiger partial charge in [0, 0.05) is 22.5 Å². The van der Waals surface area contributed by atoms with Gasteiger partial charge in [-0.3, -0.25) is 14.7 Å². The van der Waals surface area contributed by atoms with Crippen LogP contribution in [-0.2, 0) is 0 Å². The summed E-state index contributed by atoms with van der Waals surface area (Å²) in [5.74, 6) is 1.65. The molecule has 3 heterocycles. The average Bonchev–Trinajstić information content (AvgIpc) is 3.23. The highest BCUT2D eigenvalue weighted by atomic mass is 32.2. The van der Waals surface area contributed by atoms with Gasteiger partial charge >= 0.3 is 0 Å². The van der Waals surface area contributed by atoms with E-state index in [0.717, 1.165) is 45.9 Å². The molecule has 1 aromatic carbocycles. The van der Waals surface area contributed by atoms with Crippen LogP contribution in [0.1, 0.15) is 29.4 Å². The molecule has 0 spiro atoms. The van der Waals surface area contributed by atoms with Crippen LogP contribution in [-0.4, -0.2) is 41.5 Å². The van der Waals surface area contributed by atoms with Gasteiger partial charge in [-0.1, -0.05) is 19.1 Å². The highest BCUT2D eigenvalue weighted by molar-refractivity contribution is 7.99. The molecule has 1 saturated heterocycles. The summed E-state index contributed by atoms with van der Waals surface area (Å²) >= 11 is 3.04. The van der Waals surface area contributed by atoms with Crippen molar-refractivity contribution < 1.29 is 9.18 Å². The zero-order valence-electron chi connectivity index (χ0n) is 17.9. The first kappa shape index (κ1) is 22.6. The third-order valence-electron chi connectivity index (χ3n) is 5.51. The molecule has 5 nitrogen and oxygen atoms in total. The Morgan fingerprint density at radius 2 is 1.97 bits per heavy atom. The Kier molecular flexibility index (Phi) is 7.34. The van der Waals surface area contributed by atoms with Crippen molar-refractivity contribution in [3.8, 4) is 11.1 Å². The van der Waals surface area contributed by atoms with Crippen molar-refractivity contribution in [3.63, 3.8) is 0 Å². The Balaban J connectivity index is 1.38. The Morgan fingerprint density at radius 3 is 2.62 bits per heavy atom. The third kappa shape index (κ3) is 5.62. The number of halogens is 1. The van der Waals surface area contributed by atoms with E-state index in [4.69, 9.17) is 0 Å². The number of thiophene rings is 1. The van der Waals surface area contributed by atoms with Crippen LogP contribution in [0.4, 0.5) is 15.2 Å². The lowest BCUT2D eigenvalue weighted by Gasteiger charge is -2.29. The second-order valence-corrected chi connectivity index (χ2v) is 9.92. The number of hydrogen-bond donors (Lipinski definition) is 1. The molecule has 4 rings (SSSR count). The number of carbonyl (C=O) groups excluding carboxylic acids is 1. The van der Waals surface area contributed by atoms with E-state index < -0.39 is 0 Å². The van der Waals surface area contributed by atoms with Crippen LogP contribution in [0.25, 0.3) is 11.1 Å². The molecule has 0 atom stereocenters. The number of rotatable bonds is 7. The van der Waals surface area contributed by atoms with Crippen molar-refractivity contribution in [2.75, 3.05) is 24.3 Å². The number of anilines is 1. The van der Waals surface area contributed by atoms with Gasteiger partial charge < -0.3 is 5.32 Å². The first-order valence-corrected chi connectivity index (χ1v) is 12.3. The Bertz CT molecular complexity index is 1070. The summed E-state index contributed by atoms with van der Waals surface area (Å²) in [6, 6.07) is 11.7. The second-order valence-electron chi connectivity index (χ2n) is 7.91. The largest absolute Gasteiger partial charge is 0.306 e. The first-order valence-electron chi connectivity index (χ1n) is 10.5. The van der Waals surface area contributed by atoms with Gasteiger partial charge in [-0.15, -0.1) is 23.1 Å². The van der Waals surface area contributed by atoms with Crippen LogP contribution in [0.15, 0.2) is 58.5 Å². The number of likely N-dealkylation sites (tertiary alicyclic amines) is 1. The summed E-state index contributed by atoms with van der Waals surface area (Å²) in [5.41, 5.74) is 1.71. The number of amides is 1. The lowest BCUT2D eigenvalue weighted by atomic mass is 10.00. The minimum atomic E-state index is -0.280. The van der Waals surface area contributed by atoms with E-state index in [9.17, 15) is 9.18 Å². The summed E-state index contributed by atoms with van der Waals surface area (Å²) in [4.78, 5) is 25.2. The van der Waals surface area contributed by atoms with Crippen LogP contribution < -0.4 is 5.32 Å². The lowest BCUT2D eigenvalue weighted by molar-refractivity contribution is 0.103. The molecule has 2 aromatic heterocycles. The predicted molar refractivity (Wildman–Crippen MR) is 132 cm³/mol. The van der Waals surface area contributed by atoms with E-state index in [2.05, 4.69) is 33.8 Å². The number of hydrogen-bond acceptors (Lipinski definition) is 6. The van der Waals surface area contributed by atoms with Crippen molar-refractivity contribution >= 4 is 46.5 Å². The van der Waals surface area contributed by atoms with E-state index in [1.165, 1.54) is 36.3 Å². The number of nitrogens with zero attached hydrogens (tertiary/aromatic N) is 3. The fourth-order valence-electron chi connectivity index (χ4n) is 3.50. The topological polar surface area (TPSA) is 57.6 Å². The third-order valence-corrected chi connectivity index (χ3v) is 7.82. The molecule has 1 aliphatic rings. The summed E-state index contributed by atoms with van der Waals surface area (Å²) in [5, 5.41) is 3.61. The highest BCUT2D eigenvalue weighted by Gasteiger charge is 2.19. The van der Waals surface area contributed by atoms with Crippen molar-refractivity contribution in [3.05, 3.63) is 59.4 Å². The first-order chi connectivity index (χ1) is 15.5. The smallest absolute Gasteiger partial charge is 0.267 e. The Labute approximate surface area is 195 Å². The number of carbonyl (C=O) groups is 1. The van der Waals surface area contributed by atoms with E-state index >= 15 is 0 Å². The molecule has 0 bridgehead atoms. The van der Waals surface area contributed by atoms with Gasteiger partial charge in [-0.25, -0.2) is 9.37 Å². The number of nitrogens with one attached hydrogen (secondary N) is 1. The van der Waals surface area contributed by atoms with Crippen LogP contribution in [0, 0.1) is 11.7 Å². The fourth-order valence-corrected chi connectivity index (χ4v) is 5.60. The van der Waals surface area contributed by atoms with Crippen LogP contribution >= 0.6 is 23.1 Å². The van der Waals surface area contributed by atoms with E-state index in [0.29, 0.717) is 10.7 Å². The van der Waals surface area contributed by atoms with Gasteiger partial charge in [0.1, 0.15) is 16.6 Å². The molecule has 1 N–H and O–H groups in total. The SMILES string of the molecule is C=Nc1sc(C(=O)Nc2ccc(-c3ccc(F)cc3)cn2)cc1SCN1CCC(C)CC1. The molecule has 3 aromatic rings. The van der Waals surface area contributed by atoms with Crippen molar-refractivity contribution in [2.24, 2.45) is 10.9 Å². The Morgan fingerprint density at radius 1 is 1.25 bits per heavy atom. The maximum atomic E-state index is 13.1. The minimum absolute atomic E-state index is 0.222. The van der Waals surface area contributed by atoms with Gasteiger partial charge in [-0.05, 0) is 74.5 Å². The second kappa shape index (κ2) is 10.4. The molecule has 0 radical (unpaired) electrons. The molecule has 166 valence electrons. The fraction of sp³-hybridized carbons (Fsp3) is 0.292. The van der Waals surface area contributed by atoms with Gasteiger partial charge in [0.25, 0.3) is 5.91 Å². The maximum Gasteiger partial charge on any atom is 0.267 e. The monoisotopic (exact) mass is 468 g/mol. The lowest BCUT2D eigenvalue weighted by Crippen LogP contribution is -2.32. The molecule has 0 unspecified atom stereocenters. The van der Waals surface area contributed by atoms with Gasteiger partial charge in [0.2, 0.25) is 0 Å². The van der Waals surface area contributed by atoms with E-state index in [-0.39, 0.29) is 11.7 Å². The van der Waals surface area contributed by atoms with Crippen LogP contribution in [0.2, 0.25) is 0 Å². The molecule has 1 aliphatic heterocycles. The number of pyridine rings is 1. The molecule has 1 amide bonds. The molecular formula is C24H25FN4OS2. The molecule has 0 saturated carbocycles. The van der Waals surface area contributed by atoms with E-state index in [1.807, 2.05) is 12.1 Å². The van der Waals surface area contributed by atoms with Gasteiger partial charge in [0.05, 0.1) is 4.88 Å². The molecule has 0 aliphatic carbocycles. The minimum Gasteiger partial charge on any atom is -0.306 e. The highest BCUT2D eigenvalue weighted by Crippen LogP contribution is 2.38. The standard InChI is InChI=1S/C24H25FN4OS2/c1-16-9-11-29(12-10-16)15-31-21-13-20(32-24(21)26-2)23(30)28-22-8-5-18(14-27-22)17-3-6-19(25)7-4-17/h3-8,13-14,16H,2,9-12,15H2,1H3,(H,27,28,30). The zero-order chi connectivity index (χ0) is 22.5. The normalized spacial score (nSPS) is 14.9. The molecular weight excluding hydrogens is 443 g/mol. The van der Waals surface area contributed by atoms with Crippen molar-refractivity contribution in [1.29, 1.82) is 0 Å². The summed E-state index contributed by atoms with van der Waals surface area (Å²) in [7, 11) is 0. The number of thioether (sulfide) groups is 1. The summed E-state index contributed by atoms with van der Waals surface area (Å²) in [6.07, 6.45) is 4.13. The van der Waals surface area contributed by atoms with Crippen molar-refractivity contribution in [2.45, 2.75) is 24.7 Å².